The molecule has 0 atom stereocenters. The summed E-state index contributed by atoms with van der Waals surface area (Å²) in [7, 11) is 0. The number of nitrogens with one attached hydrogen (secondary N) is 2. The highest BCUT2D eigenvalue weighted by Crippen LogP contribution is 2.30. The summed E-state index contributed by atoms with van der Waals surface area (Å²) in [4.78, 5) is 27.1. The van der Waals surface area contributed by atoms with Gasteiger partial charge in [-0.2, -0.15) is 0 Å². The molecule has 5 nitrogen and oxygen atoms in total. The molecule has 21 heavy (non-hydrogen) atoms. The Labute approximate surface area is 126 Å². The van der Waals surface area contributed by atoms with Gasteiger partial charge in [0, 0.05) is 29.5 Å². The van der Waals surface area contributed by atoms with Gasteiger partial charge in [0.15, 0.2) is 5.13 Å². The SMILES string of the molecule is CCC(=O)Nc1nc(-c2ccc3c(c2)CCC(=O)N3)cs1. The number of fused-ring (bicyclic) bond motifs is 1. The van der Waals surface area contributed by atoms with Gasteiger partial charge in [-0.1, -0.05) is 13.0 Å². The summed E-state index contributed by atoms with van der Waals surface area (Å²) in [5.74, 6) is 0.0255. The van der Waals surface area contributed by atoms with Crippen molar-refractivity contribution in [2.45, 2.75) is 26.2 Å². The number of thiazole rings is 1. The molecule has 0 saturated heterocycles. The van der Waals surface area contributed by atoms with Crippen molar-refractivity contribution in [2.75, 3.05) is 10.6 Å². The Morgan fingerprint density at radius 2 is 2.29 bits per heavy atom. The molecule has 2 amide bonds. The van der Waals surface area contributed by atoms with E-state index in [1.54, 1.807) is 0 Å². The van der Waals surface area contributed by atoms with Crippen LogP contribution in [-0.2, 0) is 16.0 Å². The van der Waals surface area contributed by atoms with E-state index in [9.17, 15) is 9.59 Å². The number of anilines is 2. The maximum absolute atomic E-state index is 11.4. The summed E-state index contributed by atoms with van der Waals surface area (Å²) in [6, 6.07) is 5.89. The van der Waals surface area contributed by atoms with E-state index in [0.29, 0.717) is 18.0 Å². The first-order chi connectivity index (χ1) is 10.2. The van der Waals surface area contributed by atoms with E-state index in [0.717, 1.165) is 28.9 Å². The van der Waals surface area contributed by atoms with Gasteiger partial charge in [0.2, 0.25) is 11.8 Å². The third-order valence-electron chi connectivity index (χ3n) is 3.37. The lowest BCUT2D eigenvalue weighted by Gasteiger charge is -2.17. The van der Waals surface area contributed by atoms with Crippen LogP contribution in [0.25, 0.3) is 11.3 Å². The topological polar surface area (TPSA) is 71.1 Å². The lowest BCUT2D eigenvalue weighted by Crippen LogP contribution is -2.18. The minimum atomic E-state index is -0.0379. The van der Waals surface area contributed by atoms with Gasteiger partial charge in [-0.15, -0.1) is 11.3 Å². The van der Waals surface area contributed by atoms with Crippen LogP contribution in [0.3, 0.4) is 0 Å². The van der Waals surface area contributed by atoms with Gasteiger partial charge in [-0.3, -0.25) is 9.59 Å². The molecule has 2 N–H and O–H groups in total. The Hall–Kier alpha value is -2.21. The number of nitrogens with zero attached hydrogens (tertiary/aromatic N) is 1. The van der Waals surface area contributed by atoms with E-state index in [1.165, 1.54) is 11.3 Å². The number of amides is 2. The Bertz CT molecular complexity index is 709. The third-order valence-corrected chi connectivity index (χ3v) is 4.13. The Morgan fingerprint density at radius 3 is 3.10 bits per heavy atom. The summed E-state index contributed by atoms with van der Waals surface area (Å²) >= 11 is 1.41. The van der Waals surface area contributed by atoms with Crippen LogP contribution in [-0.4, -0.2) is 16.8 Å². The lowest BCUT2D eigenvalue weighted by molar-refractivity contribution is -0.117. The summed E-state index contributed by atoms with van der Waals surface area (Å²) in [6.45, 7) is 1.81. The quantitative estimate of drug-likeness (QED) is 0.915. The zero-order chi connectivity index (χ0) is 14.8. The van der Waals surface area contributed by atoms with E-state index < -0.39 is 0 Å². The summed E-state index contributed by atoms with van der Waals surface area (Å²) in [5.41, 5.74) is 3.84. The van der Waals surface area contributed by atoms with E-state index in [-0.39, 0.29) is 11.8 Å². The van der Waals surface area contributed by atoms with Crippen molar-refractivity contribution in [1.29, 1.82) is 0 Å². The molecule has 108 valence electrons. The van der Waals surface area contributed by atoms with Crippen molar-refractivity contribution in [3.63, 3.8) is 0 Å². The average molecular weight is 301 g/mol. The van der Waals surface area contributed by atoms with Crippen molar-refractivity contribution < 1.29 is 9.59 Å². The fourth-order valence-corrected chi connectivity index (χ4v) is 2.95. The smallest absolute Gasteiger partial charge is 0.225 e. The molecule has 0 bridgehead atoms. The highest BCUT2D eigenvalue weighted by Gasteiger charge is 2.16. The number of aromatic nitrogens is 1. The molecule has 6 heteroatoms. The predicted molar refractivity (Wildman–Crippen MR) is 83.4 cm³/mol. The van der Waals surface area contributed by atoms with Crippen molar-refractivity contribution in [3.8, 4) is 11.3 Å². The number of rotatable bonds is 3. The lowest BCUT2D eigenvalue weighted by atomic mass is 9.99. The van der Waals surface area contributed by atoms with Crippen molar-refractivity contribution in [3.05, 3.63) is 29.1 Å². The first-order valence-corrected chi connectivity index (χ1v) is 7.72. The van der Waals surface area contributed by atoms with Crippen molar-refractivity contribution in [1.82, 2.24) is 4.98 Å². The zero-order valence-electron chi connectivity index (χ0n) is 11.6. The maximum atomic E-state index is 11.4. The molecule has 2 heterocycles. The van der Waals surface area contributed by atoms with Gasteiger partial charge >= 0.3 is 0 Å². The minimum absolute atomic E-state index is 0.0379. The van der Waals surface area contributed by atoms with Gasteiger partial charge in [-0.05, 0) is 24.1 Å². The van der Waals surface area contributed by atoms with E-state index in [2.05, 4.69) is 21.7 Å². The van der Waals surface area contributed by atoms with Crippen molar-refractivity contribution >= 4 is 34.0 Å². The Balaban J connectivity index is 1.84. The summed E-state index contributed by atoms with van der Waals surface area (Å²) in [6.07, 6.45) is 1.71. The molecule has 0 radical (unpaired) electrons. The number of hydrogen-bond acceptors (Lipinski definition) is 4. The molecule has 2 aromatic rings. The van der Waals surface area contributed by atoms with E-state index in [4.69, 9.17) is 0 Å². The highest BCUT2D eigenvalue weighted by atomic mass is 32.1. The molecule has 1 aromatic heterocycles. The summed E-state index contributed by atoms with van der Waals surface area (Å²) < 4.78 is 0. The van der Waals surface area contributed by atoms with Gasteiger partial charge < -0.3 is 10.6 Å². The van der Waals surface area contributed by atoms with Gasteiger partial charge in [-0.25, -0.2) is 4.98 Å². The number of aryl methyl sites for hydroxylation is 1. The molecule has 3 rings (SSSR count). The van der Waals surface area contributed by atoms with Crippen LogP contribution in [0.5, 0.6) is 0 Å². The molecule has 0 saturated carbocycles. The van der Waals surface area contributed by atoms with E-state index in [1.807, 2.05) is 24.4 Å². The Morgan fingerprint density at radius 1 is 1.43 bits per heavy atom. The predicted octanol–water partition coefficient (Wildman–Crippen LogP) is 3.04. The Kier molecular flexibility index (Phi) is 3.70. The summed E-state index contributed by atoms with van der Waals surface area (Å²) in [5, 5.41) is 8.16. The number of hydrogen-bond donors (Lipinski definition) is 2. The second-order valence-electron chi connectivity index (χ2n) is 4.86. The first-order valence-electron chi connectivity index (χ1n) is 6.84. The normalized spacial score (nSPS) is 13.5. The monoisotopic (exact) mass is 301 g/mol. The molecule has 1 aliphatic heterocycles. The molecule has 0 spiro atoms. The van der Waals surface area contributed by atoms with Crippen LogP contribution in [0.1, 0.15) is 25.3 Å². The number of carbonyl (C=O) groups excluding carboxylic acids is 2. The minimum Gasteiger partial charge on any atom is -0.326 e. The fraction of sp³-hybridized carbons (Fsp3) is 0.267. The second kappa shape index (κ2) is 5.65. The molecule has 1 aromatic carbocycles. The van der Waals surface area contributed by atoms with Gasteiger partial charge in [0.25, 0.3) is 0 Å². The second-order valence-corrected chi connectivity index (χ2v) is 5.72. The van der Waals surface area contributed by atoms with Crippen LogP contribution < -0.4 is 10.6 Å². The standard InChI is InChI=1S/C15H15N3O2S/c1-2-13(19)18-15-17-12(8-21-15)10-3-5-11-9(7-10)4-6-14(20)16-11/h3,5,7-8H,2,4,6H2,1H3,(H,16,20)(H,17,18,19). The van der Waals surface area contributed by atoms with Crippen LogP contribution >= 0.6 is 11.3 Å². The van der Waals surface area contributed by atoms with Crippen LogP contribution in [0.2, 0.25) is 0 Å². The van der Waals surface area contributed by atoms with Gasteiger partial charge in [0.1, 0.15) is 0 Å². The molecule has 0 aliphatic carbocycles. The third kappa shape index (κ3) is 2.95. The molecule has 1 aliphatic rings. The van der Waals surface area contributed by atoms with Crippen molar-refractivity contribution in [2.24, 2.45) is 0 Å². The molecular weight excluding hydrogens is 286 g/mol. The molecular formula is C15H15N3O2S. The fourth-order valence-electron chi connectivity index (χ4n) is 2.21. The van der Waals surface area contributed by atoms with Gasteiger partial charge in [0.05, 0.1) is 5.69 Å². The maximum Gasteiger partial charge on any atom is 0.225 e. The van der Waals surface area contributed by atoms with Crippen LogP contribution in [0.15, 0.2) is 23.6 Å². The average Bonchev–Trinajstić information content (AvgIpc) is 2.95. The van der Waals surface area contributed by atoms with Crippen LogP contribution in [0, 0.1) is 0 Å². The molecule has 0 unspecified atom stereocenters. The number of benzene rings is 1. The molecule has 0 fully saturated rings. The van der Waals surface area contributed by atoms with E-state index >= 15 is 0 Å². The highest BCUT2D eigenvalue weighted by molar-refractivity contribution is 7.14. The first kappa shape index (κ1) is 13.8. The largest absolute Gasteiger partial charge is 0.326 e. The number of carbonyl (C=O) groups is 2. The zero-order valence-corrected chi connectivity index (χ0v) is 12.4. The van der Waals surface area contributed by atoms with Crippen LogP contribution in [0.4, 0.5) is 10.8 Å².